The number of piperazine rings is 1. The van der Waals surface area contributed by atoms with Crippen LogP contribution in [0.15, 0.2) is 59.5 Å². The summed E-state index contributed by atoms with van der Waals surface area (Å²) in [5.41, 5.74) is 2.29. The third-order valence-corrected chi connectivity index (χ3v) is 8.52. The highest BCUT2D eigenvalue weighted by molar-refractivity contribution is 7.89. The molecule has 2 aromatic carbocycles. The van der Waals surface area contributed by atoms with Crippen LogP contribution in [0.5, 0.6) is 11.5 Å². The van der Waals surface area contributed by atoms with Gasteiger partial charge in [0, 0.05) is 38.2 Å². The number of carbonyl (C=O) groups excluding carboxylic acids is 1. The fourth-order valence-corrected chi connectivity index (χ4v) is 5.96. The summed E-state index contributed by atoms with van der Waals surface area (Å²) in [7, 11) is -3.72. The van der Waals surface area contributed by atoms with Crippen LogP contribution in [0.3, 0.4) is 0 Å². The Hall–Kier alpha value is -3.37. The van der Waals surface area contributed by atoms with Gasteiger partial charge in [-0.3, -0.25) is 4.79 Å². The van der Waals surface area contributed by atoms with Crippen molar-refractivity contribution in [3.63, 3.8) is 0 Å². The molecular weight excluding hydrogens is 468 g/mol. The van der Waals surface area contributed by atoms with E-state index in [-0.39, 0.29) is 23.9 Å². The van der Waals surface area contributed by atoms with Gasteiger partial charge in [-0.25, -0.2) is 13.1 Å². The summed E-state index contributed by atoms with van der Waals surface area (Å²) in [6.45, 7) is 1.89. The summed E-state index contributed by atoms with van der Waals surface area (Å²) in [5, 5.41) is 4.73. The molecule has 0 atom stereocenters. The second-order valence-corrected chi connectivity index (χ2v) is 10.9. The summed E-state index contributed by atoms with van der Waals surface area (Å²) in [4.78, 5) is 15.4. The largest absolute Gasteiger partial charge is 0.486 e. The van der Waals surface area contributed by atoms with E-state index < -0.39 is 10.0 Å². The van der Waals surface area contributed by atoms with E-state index in [0.717, 1.165) is 24.2 Å². The summed E-state index contributed by atoms with van der Waals surface area (Å²) in [6.07, 6.45) is 2.19. The summed E-state index contributed by atoms with van der Waals surface area (Å²) < 4.78 is 40.7. The smallest absolute Gasteiger partial charge is 0.272 e. The number of sulfonamides is 1. The first-order valence-electron chi connectivity index (χ1n) is 11.9. The molecule has 6 rings (SSSR count). The number of nitrogens with zero attached hydrogens (tertiary/aromatic N) is 4. The highest BCUT2D eigenvalue weighted by Crippen LogP contribution is 2.40. The van der Waals surface area contributed by atoms with Gasteiger partial charge in [0.05, 0.1) is 16.3 Å². The number of rotatable bonds is 5. The number of carbonyl (C=O) groups is 1. The summed E-state index contributed by atoms with van der Waals surface area (Å²) in [6, 6.07) is 16.2. The highest BCUT2D eigenvalue weighted by atomic mass is 32.2. The maximum Gasteiger partial charge on any atom is 0.272 e. The van der Waals surface area contributed by atoms with Gasteiger partial charge in [0.25, 0.3) is 5.91 Å². The third-order valence-electron chi connectivity index (χ3n) is 6.62. The minimum Gasteiger partial charge on any atom is -0.486 e. The average molecular weight is 495 g/mol. The number of benzene rings is 2. The van der Waals surface area contributed by atoms with Crippen molar-refractivity contribution in [2.75, 3.05) is 39.4 Å². The lowest BCUT2D eigenvalue weighted by atomic mass is 10.2. The van der Waals surface area contributed by atoms with Gasteiger partial charge < -0.3 is 14.4 Å². The van der Waals surface area contributed by atoms with Crippen LogP contribution in [-0.4, -0.2) is 72.7 Å². The molecule has 2 aliphatic heterocycles. The molecule has 10 heteroatoms. The van der Waals surface area contributed by atoms with E-state index in [2.05, 4.69) is 0 Å². The van der Waals surface area contributed by atoms with Crippen LogP contribution in [0, 0.1) is 0 Å². The van der Waals surface area contributed by atoms with Crippen LogP contribution in [0.1, 0.15) is 34.9 Å². The lowest BCUT2D eigenvalue weighted by Crippen LogP contribution is -2.50. The Bertz CT molecular complexity index is 1360. The van der Waals surface area contributed by atoms with Gasteiger partial charge in [0.2, 0.25) is 10.0 Å². The molecule has 1 aliphatic carbocycles. The van der Waals surface area contributed by atoms with Crippen LogP contribution in [0.2, 0.25) is 0 Å². The van der Waals surface area contributed by atoms with Gasteiger partial charge in [-0.2, -0.15) is 9.40 Å². The second kappa shape index (κ2) is 8.69. The van der Waals surface area contributed by atoms with Crippen LogP contribution in [0.25, 0.3) is 5.69 Å². The molecule has 3 aliphatic rings. The SMILES string of the molecule is O=C(c1cc(C2CC2)nn1-c1ccccc1)N1CCN(S(=O)(=O)c2ccc3c(c2)OCCO3)CC1. The van der Waals surface area contributed by atoms with Crippen molar-refractivity contribution >= 4 is 15.9 Å². The van der Waals surface area contributed by atoms with Gasteiger partial charge in [-0.1, -0.05) is 18.2 Å². The van der Waals surface area contributed by atoms with Gasteiger partial charge in [0.15, 0.2) is 11.5 Å². The minimum atomic E-state index is -3.72. The predicted molar refractivity (Wildman–Crippen MR) is 128 cm³/mol. The standard InChI is InChI=1S/C25H26N4O5S/c30-25(22-17-21(18-6-7-18)26-29(22)19-4-2-1-3-5-19)27-10-12-28(13-11-27)35(31,32)20-8-9-23-24(16-20)34-15-14-33-23/h1-5,8-9,16-18H,6-7,10-15H2. The first-order valence-corrected chi connectivity index (χ1v) is 13.3. The normalized spacial score (nSPS) is 18.5. The molecular formula is C25H26N4O5S. The molecule has 1 aromatic heterocycles. The molecule has 35 heavy (non-hydrogen) atoms. The van der Waals surface area contributed by atoms with Crippen LogP contribution in [-0.2, 0) is 10.0 Å². The van der Waals surface area contributed by atoms with E-state index in [4.69, 9.17) is 14.6 Å². The number of hydrogen-bond acceptors (Lipinski definition) is 6. The number of fused-ring (bicyclic) bond motifs is 1. The van der Waals surface area contributed by atoms with Crippen molar-refractivity contribution in [1.29, 1.82) is 0 Å². The van der Waals surface area contributed by atoms with Crippen molar-refractivity contribution < 1.29 is 22.7 Å². The molecule has 0 unspecified atom stereocenters. The van der Waals surface area contributed by atoms with Crippen molar-refractivity contribution in [3.05, 3.63) is 66.0 Å². The molecule has 1 amide bonds. The monoisotopic (exact) mass is 494 g/mol. The Morgan fingerprint density at radius 2 is 1.60 bits per heavy atom. The molecule has 3 heterocycles. The van der Waals surface area contributed by atoms with Gasteiger partial charge in [-0.05, 0) is 43.2 Å². The lowest BCUT2D eigenvalue weighted by Gasteiger charge is -2.34. The first kappa shape index (κ1) is 22.1. The first-order chi connectivity index (χ1) is 17.0. The molecule has 0 spiro atoms. The Balaban J connectivity index is 1.19. The number of amides is 1. The van der Waals surface area contributed by atoms with E-state index in [1.807, 2.05) is 36.4 Å². The predicted octanol–water partition coefficient (Wildman–Crippen LogP) is 2.67. The van der Waals surface area contributed by atoms with E-state index in [1.165, 1.54) is 16.4 Å². The van der Waals surface area contributed by atoms with E-state index >= 15 is 0 Å². The zero-order valence-corrected chi connectivity index (χ0v) is 20.0. The van der Waals surface area contributed by atoms with E-state index in [9.17, 15) is 13.2 Å². The Labute approximate surface area is 203 Å². The Morgan fingerprint density at radius 1 is 0.886 bits per heavy atom. The second-order valence-electron chi connectivity index (χ2n) is 8.98. The van der Waals surface area contributed by atoms with Crippen LogP contribution in [0.4, 0.5) is 0 Å². The quantitative estimate of drug-likeness (QED) is 0.541. The number of ether oxygens (including phenoxy) is 2. The minimum absolute atomic E-state index is 0.135. The molecule has 0 bridgehead atoms. The molecule has 0 radical (unpaired) electrons. The highest BCUT2D eigenvalue weighted by Gasteiger charge is 2.34. The van der Waals surface area contributed by atoms with Crippen LogP contribution >= 0.6 is 0 Å². The molecule has 1 saturated heterocycles. The fourth-order valence-electron chi connectivity index (χ4n) is 4.52. The molecule has 0 N–H and O–H groups in total. The van der Waals surface area contributed by atoms with Crippen molar-refractivity contribution in [1.82, 2.24) is 19.0 Å². The van der Waals surface area contributed by atoms with Crippen molar-refractivity contribution in [2.24, 2.45) is 0 Å². The zero-order valence-electron chi connectivity index (χ0n) is 19.2. The summed E-state index contributed by atoms with van der Waals surface area (Å²) >= 11 is 0. The van der Waals surface area contributed by atoms with Gasteiger partial charge in [-0.15, -0.1) is 0 Å². The summed E-state index contributed by atoms with van der Waals surface area (Å²) in [5.74, 6) is 1.27. The van der Waals surface area contributed by atoms with Gasteiger partial charge >= 0.3 is 0 Å². The van der Waals surface area contributed by atoms with E-state index in [0.29, 0.717) is 49.4 Å². The zero-order chi connectivity index (χ0) is 24.0. The van der Waals surface area contributed by atoms with Gasteiger partial charge in [0.1, 0.15) is 18.9 Å². The Morgan fingerprint density at radius 3 is 2.31 bits per heavy atom. The van der Waals surface area contributed by atoms with E-state index in [1.54, 1.807) is 15.6 Å². The number of para-hydroxylation sites is 1. The maximum atomic E-state index is 13.5. The molecule has 182 valence electrons. The molecule has 2 fully saturated rings. The fraction of sp³-hybridized carbons (Fsp3) is 0.360. The number of hydrogen-bond donors (Lipinski definition) is 0. The van der Waals surface area contributed by atoms with Crippen molar-refractivity contribution in [3.8, 4) is 17.2 Å². The van der Waals surface area contributed by atoms with Crippen LogP contribution < -0.4 is 9.47 Å². The topological polar surface area (TPSA) is 94.0 Å². The molecule has 1 saturated carbocycles. The average Bonchev–Trinajstić information content (AvgIpc) is 3.66. The molecule has 9 nitrogen and oxygen atoms in total. The Kier molecular flexibility index (Phi) is 5.49. The molecule has 3 aromatic rings. The van der Waals surface area contributed by atoms with Crippen molar-refractivity contribution in [2.45, 2.75) is 23.7 Å². The number of aromatic nitrogens is 2. The lowest BCUT2D eigenvalue weighted by molar-refractivity contribution is 0.0688. The third kappa shape index (κ3) is 4.17. The maximum absolute atomic E-state index is 13.5.